The van der Waals surface area contributed by atoms with Crippen LogP contribution in [0.15, 0.2) is 0 Å². The van der Waals surface area contributed by atoms with E-state index in [1.165, 1.54) is 12.8 Å². The molecular formula is C14H26GeO2. The van der Waals surface area contributed by atoms with Crippen molar-refractivity contribution in [2.45, 2.75) is 63.9 Å². The SMILES string of the molecule is C[CH2][Ge]([CH2]C)([C](C)=O)[C](=O)C1CCC(C)CC1. The molecule has 0 heterocycles. The quantitative estimate of drug-likeness (QED) is 0.728. The maximum atomic E-state index is 12.7. The molecule has 3 heteroatoms. The summed E-state index contributed by atoms with van der Waals surface area (Å²) in [4.78, 5) is 24.6. The van der Waals surface area contributed by atoms with E-state index in [2.05, 4.69) is 6.92 Å². The Kier molecular flexibility index (Phi) is 5.42. The summed E-state index contributed by atoms with van der Waals surface area (Å²) in [7, 11) is 0. The molecule has 1 saturated carbocycles. The van der Waals surface area contributed by atoms with Gasteiger partial charge in [0.05, 0.1) is 0 Å². The van der Waals surface area contributed by atoms with Crippen molar-refractivity contribution in [2.75, 3.05) is 0 Å². The second-order valence-electron chi connectivity index (χ2n) is 5.67. The summed E-state index contributed by atoms with van der Waals surface area (Å²) in [6.07, 6.45) is 4.39. The van der Waals surface area contributed by atoms with Crippen molar-refractivity contribution in [3.63, 3.8) is 0 Å². The van der Waals surface area contributed by atoms with Gasteiger partial charge in [0.1, 0.15) is 0 Å². The standard InChI is InChI=1S/C14H26GeO2/c1-5-15(6-2,12(4)16)14(17)13-9-7-11(3)8-10-13/h11,13H,5-10H2,1-4H3. The Morgan fingerprint density at radius 1 is 1.06 bits per heavy atom. The van der Waals surface area contributed by atoms with E-state index in [1.54, 1.807) is 6.92 Å². The molecule has 0 saturated heterocycles. The maximum absolute atomic E-state index is 12.7. The molecule has 1 aliphatic carbocycles. The minimum atomic E-state index is -2.88. The van der Waals surface area contributed by atoms with Gasteiger partial charge in [-0.05, 0) is 0 Å². The van der Waals surface area contributed by atoms with E-state index >= 15 is 0 Å². The molecule has 0 aromatic heterocycles. The molecule has 0 unspecified atom stereocenters. The van der Waals surface area contributed by atoms with E-state index in [1.807, 2.05) is 13.8 Å². The Labute approximate surface area is 108 Å². The minimum absolute atomic E-state index is 0.218. The first-order chi connectivity index (χ1) is 7.97. The number of carbonyl (C=O) groups is 2. The molecule has 0 aliphatic heterocycles. The summed E-state index contributed by atoms with van der Waals surface area (Å²) in [5.74, 6) is 0.983. The molecule has 0 aromatic carbocycles. The second kappa shape index (κ2) is 6.17. The van der Waals surface area contributed by atoms with Crippen LogP contribution in [0, 0.1) is 11.8 Å². The van der Waals surface area contributed by atoms with Gasteiger partial charge in [-0.1, -0.05) is 0 Å². The van der Waals surface area contributed by atoms with E-state index in [9.17, 15) is 9.59 Å². The fourth-order valence-corrected chi connectivity index (χ4v) is 10.8. The predicted molar refractivity (Wildman–Crippen MR) is 73.5 cm³/mol. The third-order valence-electron chi connectivity index (χ3n) is 4.74. The van der Waals surface area contributed by atoms with E-state index in [4.69, 9.17) is 0 Å². The summed E-state index contributed by atoms with van der Waals surface area (Å²) in [6.45, 7) is 8.03. The molecule has 0 spiro atoms. The molecule has 1 rings (SSSR count). The Bertz CT molecular complexity index is 287. The number of hydrogen-bond acceptors (Lipinski definition) is 2. The molecule has 0 bridgehead atoms. The summed E-state index contributed by atoms with van der Waals surface area (Å²) >= 11 is -2.88. The van der Waals surface area contributed by atoms with Crippen LogP contribution in [-0.2, 0) is 9.59 Å². The van der Waals surface area contributed by atoms with Crippen LogP contribution in [0.2, 0.25) is 10.5 Å². The first kappa shape index (κ1) is 14.9. The van der Waals surface area contributed by atoms with Gasteiger partial charge < -0.3 is 0 Å². The van der Waals surface area contributed by atoms with Crippen molar-refractivity contribution in [1.29, 1.82) is 0 Å². The second-order valence-corrected chi connectivity index (χ2v) is 15.7. The van der Waals surface area contributed by atoms with Crippen LogP contribution in [0.3, 0.4) is 0 Å². The summed E-state index contributed by atoms with van der Waals surface area (Å²) in [5, 5.41) is 1.69. The van der Waals surface area contributed by atoms with Gasteiger partial charge in [-0.3, -0.25) is 0 Å². The molecule has 0 atom stereocenters. The van der Waals surface area contributed by atoms with Gasteiger partial charge in [0.25, 0.3) is 0 Å². The number of carbonyl (C=O) groups excluding carboxylic acids is 2. The van der Waals surface area contributed by atoms with E-state index in [-0.39, 0.29) is 10.5 Å². The topological polar surface area (TPSA) is 34.1 Å². The van der Waals surface area contributed by atoms with E-state index in [0.29, 0.717) is 4.62 Å². The molecule has 0 N–H and O–H groups in total. The molecular weight excluding hydrogens is 273 g/mol. The molecule has 17 heavy (non-hydrogen) atoms. The van der Waals surface area contributed by atoms with Crippen molar-refractivity contribution >= 4 is 22.5 Å². The van der Waals surface area contributed by atoms with Crippen molar-refractivity contribution < 1.29 is 9.59 Å². The Morgan fingerprint density at radius 2 is 1.53 bits per heavy atom. The van der Waals surface area contributed by atoms with Gasteiger partial charge in [-0.15, -0.1) is 0 Å². The Hall–Kier alpha value is -0.117. The molecule has 1 aliphatic rings. The Balaban J connectivity index is 2.82. The van der Waals surface area contributed by atoms with Crippen molar-refractivity contribution in [1.82, 2.24) is 0 Å². The third kappa shape index (κ3) is 3.01. The van der Waals surface area contributed by atoms with Crippen LogP contribution in [0.5, 0.6) is 0 Å². The third-order valence-corrected chi connectivity index (χ3v) is 15.5. The zero-order valence-electron chi connectivity index (χ0n) is 11.7. The zero-order chi connectivity index (χ0) is 13.1. The van der Waals surface area contributed by atoms with Gasteiger partial charge in [-0.2, -0.15) is 0 Å². The fraction of sp³-hybridized carbons (Fsp3) is 0.857. The van der Waals surface area contributed by atoms with Gasteiger partial charge in [0.2, 0.25) is 0 Å². The van der Waals surface area contributed by atoms with Gasteiger partial charge in [0, 0.05) is 0 Å². The van der Waals surface area contributed by atoms with Gasteiger partial charge in [-0.25, -0.2) is 0 Å². The average molecular weight is 299 g/mol. The molecule has 1 fully saturated rings. The predicted octanol–water partition coefficient (Wildman–Crippen LogP) is 3.54. The van der Waals surface area contributed by atoms with Crippen molar-refractivity contribution in [3.05, 3.63) is 0 Å². The number of hydrogen-bond donors (Lipinski definition) is 0. The first-order valence-electron chi connectivity index (χ1n) is 7.03. The normalized spacial score (nSPS) is 25.6. The van der Waals surface area contributed by atoms with Crippen LogP contribution >= 0.6 is 0 Å². The molecule has 2 nitrogen and oxygen atoms in total. The van der Waals surface area contributed by atoms with Crippen molar-refractivity contribution in [3.8, 4) is 0 Å². The zero-order valence-corrected chi connectivity index (χ0v) is 13.8. The average Bonchev–Trinajstić information content (AvgIpc) is 2.31. The molecule has 0 amide bonds. The number of rotatable bonds is 5. The van der Waals surface area contributed by atoms with Gasteiger partial charge >= 0.3 is 108 Å². The summed E-state index contributed by atoms with van der Waals surface area (Å²) in [6, 6.07) is 0. The van der Waals surface area contributed by atoms with Crippen molar-refractivity contribution in [2.24, 2.45) is 11.8 Å². The van der Waals surface area contributed by atoms with E-state index < -0.39 is 13.3 Å². The monoisotopic (exact) mass is 300 g/mol. The summed E-state index contributed by atoms with van der Waals surface area (Å²) < 4.78 is 0.660. The van der Waals surface area contributed by atoms with Crippen LogP contribution < -0.4 is 0 Å². The Morgan fingerprint density at radius 3 is 1.88 bits per heavy atom. The van der Waals surface area contributed by atoms with Gasteiger partial charge in [0.15, 0.2) is 0 Å². The molecule has 0 radical (unpaired) electrons. The fourth-order valence-electron chi connectivity index (χ4n) is 3.18. The van der Waals surface area contributed by atoms with Crippen LogP contribution in [0.25, 0.3) is 0 Å². The van der Waals surface area contributed by atoms with E-state index in [0.717, 1.165) is 29.3 Å². The molecule has 0 aromatic rings. The molecule has 98 valence electrons. The van der Waals surface area contributed by atoms with Crippen LogP contribution in [0.4, 0.5) is 0 Å². The van der Waals surface area contributed by atoms with Crippen LogP contribution in [-0.4, -0.2) is 22.5 Å². The first-order valence-corrected chi connectivity index (χ1v) is 12.1. The summed E-state index contributed by atoms with van der Waals surface area (Å²) in [5.41, 5.74) is 0. The van der Waals surface area contributed by atoms with Crippen LogP contribution in [0.1, 0.15) is 53.4 Å².